The van der Waals surface area contributed by atoms with Crippen LogP contribution in [-0.4, -0.2) is 38.5 Å². The summed E-state index contributed by atoms with van der Waals surface area (Å²) >= 11 is 6.32. The predicted molar refractivity (Wildman–Crippen MR) is 77.7 cm³/mol. The van der Waals surface area contributed by atoms with Gasteiger partial charge in [0.05, 0.1) is 24.8 Å². The Labute approximate surface area is 118 Å². The fourth-order valence-corrected chi connectivity index (χ4v) is 2.17. The van der Waals surface area contributed by atoms with Crippen LogP contribution in [0.15, 0.2) is 24.3 Å². The molecule has 0 unspecified atom stereocenters. The van der Waals surface area contributed by atoms with Gasteiger partial charge in [0.1, 0.15) is 0 Å². The summed E-state index contributed by atoms with van der Waals surface area (Å²) < 4.78 is 10.3. The number of halogens is 1. The maximum absolute atomic E-state index is 6.32. The van der Waals surface area contributed by atoms with Crippen molar-refractivity contribution in [3.63, 3.8) is 0 Å². The number of fused-ring (bicyclic) bond motifs is 1. The summed E-state index contributed by atoms with van der Waals surface area (Å²) in [6.45, 7) is 3.43. The number of ether oxygens (including phenoxy) is 2. The van der Waals surface area contributed by atoms with Crippen molar-refractivity contribution in [3.05, 3.63) is 35.0 Å². The lowest BCUT2D eigenvalue weighted by Gasteiger charge is -2.05. The minimum atomic E-state index is 0.630. The van der Waals surface area contributed by atoms with Crippen LogP contribution in [0.1, 0.15) is 5.69 Å². The van der Waals surface area contributed by atoms with Gasteiger partial charge in [-0.2, -0.15) is 0 Å². The molecule has 1 heterocycles. The third-order valence-corrected chi connectivity index (χ3v) is 3.30. The Balaban J connectivity index is 1.77. The average molecular weight is 283 g/mol. The molecule has 5 heteroatoms. The van der Waals surface area contributed by atoms with Crippen LogP contribution in [0.4, 0.5) is 0 Å². The van der Waals surface area contributed by atoms with Crippen molar-refractivity contribution in [2.75, 3.05) is 33.5 Å². The zero-order chi connectivity index (χ0) is 13.5. The molecule has 0 fully saturated rings. The van der Waals surface area contributed by atoms with Crippen molar-refractivity contribution < 1.29 is 9.47 Å². The maximum atomic E-state index is 6.32. The van der Waals surface area contributed by atoms with Crippen LogP contribution < -0.4 is 5.32 Å². The Morgan fingerprint density at radius 3 is 2.84 bits per heavy atom. The fraction of sp³-hybridized carbons (Fsp3) is 0.429. The molecular weight excluding hydrogens is 264 g/mol. The van der Waals surface area contributed by atoms with Crippen molar-refractivity contribution in [2.45, 2.75) is 6.54 Å². The normalized spacial score (nSPS) is 11.3. The second-order valence-corrected chi connectivity index (χ2v) is 4.62. The van der Waals surface area contributed by atoms with Gasteiger partial charge in [0, 0.05) is 36.8 Å². The molecule has 0 aliphatic carbocycles. The highest BCUT2D eigenvalue weighted by atomic mass is 35.5. The molecule has 104 valence electrons. The van der Waals surface area contributed by atoms with E-state index < -0.39 is 0 Å². The molecule has 4 nitrogen and oxygen atoms in total. The number of hydrogen-bond donors (Lipinski definition) is 2. The van der Waals surface area contributed by atoms with Gasteiger partial charge in [0.15, 0.2) is 0 Å². The van der Waals surface area contributed by atoms with Crippen LogP contribution in [-0.2, 0) is 16.0 Å². The van der Waals surface area contributed by atoms with E-state index in [0.29, 0.717) is 26.4 Å². The molecule has 0 aliphatic heterocycles. The molecule has 2 rings (SSSR count). The highest BCUT2D eigenvalue weighted by molar-refractivity contribution is 6.36. The van der Waals surface area contributed by atoms with Crippen LogP contribution in [0.5, 0.6) is 0 Å². The highest BCUT2D eigenvalue weighted by Gasteiger charge is 2.07. The molecule has 19 heavy (non-hydrogen) atoms. The standard InChI is InChI=1S/C14H19ClN2O2/c1-18-8-9-19-7-6-16-10-13-14(15)11-4-2-3-5-12(11)17-13/h2-5,16-17H,6-10H2,1H3. The molecule has 0 amide bonds. The fourth-order valence-electron chi connectivity index (χ4n) is 1.89. The first-order valence-electron chi connectivity index (χ1n) is 6.35. The second kappa shape index (κ2) is 7.50. The lowest BCUT2D eigenvalue weighted by atomic mass is 10.2. The van der Waals surface area contributed by atoms with E-state index in [4.69, 9.17) is 21.1 Å². The lowest BCUT2D eigenvalue weighted by Crippen LogP contribution is -2.20. The number of nitrogens with one attached hydrogen (secondary N) is 2. The first kappa shape index (κ1) is 14.3. The Morgan fingerprint density at radius 1 is 1.21 bits per heavy atom. The van der Waals surface area contributed by atoms with Crippen molar-refractivity contribution in [3.8, 4) is 0 Å². The lowest BCUT2D eigenvalue weighted by molar-refractivity contribution is 0.0719. The summed E-state index contributed by atoms with van der Waals surface area (Å²) in [6.07, 6.45) is 0. The molecule has 1 aromatic heterocycles. The Morgan fingerprint density at radius 2 is 2.05 bits per heavy atom. The van der Waals surface area contributed by atoms with Gasteiger partial charge in [-0.3, -0.25) is 0 Å². The minimum Gasteiger partial charge on any atom is -0.382 e. The molecule has 0 atom stereocenters. The van der Waals surface area contributed by atoms with Crippen LogP contribution in [0.25, 0.3) is 10.9 Å². The molecule has 0 saturated carbocycles. The molecule has 0 aliphatic rings. The summed E-state index contributed by atoms with van der Waals surface area (Å²) in [4.78, 5) is 3.32. The van der Waals surface area contributed by atoms with Gasteiger partial charge in [-0.15, -0.1) is 0 Å². The second-order valence-electron chi connectivity index (χ2n) is 4.25. The zero-order valence-electron chi connectivity index (χ0n) is 11.0. The Kier molecular flexibility index (Phi) is 5.66. The number of rotatable bonds is 8. The van der Waals surface area contributed by atoms with Crippen LogP contribution in [0.2, 0.25) is 5.02 Å². The van der Waals surface area contributed by atoms with Gasteiger partial charge in [-0.25, -0.2) is 0 Å². The number of benzene rings is 1. The summed E-state index contributed by atoms with van der Waals surface area (Å²) in [5.74, 6) is 0. The van der Waals surface area contributed by atoms with Crippen LogP contribution in [0.3, 0.4) is 0 Å². The van der Waals surface area contributed by atoms with Gasteiger partial charge in [0.25, 0.3) is 0 Å². The number of aromatic nitrogens is 1. The first-order chi connectivity index (χ1) is 9.33. The van der Waals surface area contributed by atoms with E-state index >= 15 is 0 Å². The molecule has 0 saturated heterocycles. The largest absolute Gasteiger partial charge is 0.382 e. The number of methoxy groups -OCH3 is 1. The molecule has 2 aromatic rings. The summed E-state index contributed by atoms with van der Waals surface area (Å²) in [6, 6.07) is 8.03. The van der Waals surface area contributed by atoms with Crippen molar-refractivity contribution in [2.24, 2.45) is 0 Å². The van der Waals surface area contributed by atoms with Crippen molar-refractivity contribution in [1.82, 2.24) is 10.3 Å². The molecule has 0 radical (unpaired) electrons. The molecule has 1 aromatic carbocycles. The van der Waals surface area contributed by atoms with E-state index in [2.05, 4.69) is 10.3 Å². The molecule has 2 N–H and O–H groups in total. The number of aromatic amines is 1. The first-order valence-corrected chi connectivity index (χ1v) is 6.73. The zero-order valence-corrected chi connectivity index (χ0v) is 11.8. The number of para-hydroxylation sites is 1. The average Bonchev–Trinajstić information content (AvgIpc) is 2.75. The maximum Gasteiger partial charge on any atom is 0.0705 e. The van der Waals surface area contributed by atoms with E-state index in [-0.39, 0.29) is 0 Å². The third-order valence-electron chi connectivity index (χ3n) is 2.87. The Hall–Kier alpha value is -1.07. The SMILES string of the molecule is COCCOCCNCc1[nH]c2ccccc2c1Cl. The molecular formula is C14H19ClN2O2. The number of hydrogen-bond acceptors (Lipinski definition) is 3. The van der Waals surface area contributed by atoms with E-state index in [0.717, 1.165) is 28.2 Å². The predicted octanol–water partition coefficient (Wildman–Crippen LogP) is 2.57. The summed E-state index contributed by atoms with van der Waals surface area (Å²) in [5.41, 5.74) is 2.08. The smallest absolute Gasteiger partial charge is 0.0705 e. The van der Waals surface area contributed by atoms with E-state index in [9.17, 15) is 0 Å². The molecule has 0 bridgehead atoms. The third kappa shape index (κ3) is 3.94. The van der Waals surface area contributed by atoms with Crippen molar-refractivity contribution in [1.29, 1.82) is 0 Å². The van der Waals surface area contributed by atoms with Crippen LogP contribution >= 0.6 is 11.6 Å². The summed E-state index contributed by atoms with van der Waals surface area (Å²) in [5, 5.41) is 5.16. The number of H-pyrrole nitrogens is 1. The van der Waals surface area contributed by atoms with Gasteiger partial charge < -0.3 is 19.8 Å². The van der Waals surface area contributed by atoms with Gasteiger partial charge >= 0.3 is 0 Å². The Bertz CT molecular complexity index is 513. The van der Waals surface area contributed by atoms with E-state index in [1.54, 1.807) is 7.11 Å². The quantitative estimate of drug-likeness (QED) is 0.732. The molecule has 0 spiro atoms. The highest BCUT2D eigenvalue weighted by Crippen LogP contribution is 2.26. The topological polar surface area (TPSA) is 46.3 Å². The van der Waals surface area contributed by atoms with Gasteiger partial charge in [-0.1, -0.05) is 29.8 Å². The minimum absolute atomic E-state index is 0.630. The van der Waals surface area contributed by atoms with Gasteiger partial charge in [-0.05, 0) is 6.07 Å². The van der Waals surface area contributed by atoms with Crippen molar-refractivity contribution >= 4 is 22.5 Å². The monoisotopic (exact) mass is 282 g/mol. The van der Waals surface area contributed by atoms with Gasteiger partial charge in [0.2, 0.25) is 0 Å². The van der Waals surface area contributed by atoms with E-state index in [1.165, 1.54) is 0 Å². The van der Waals surface area contributed by atoms with Crippen LogP contribution in [0, 0.1) is 0 Å². The summed E-state index contributed by atoms with van der Waals surface area (Å²) in [7, 11) is 1.67. The van der Waals surface area contributed by atoms with E-state index in [1.807, 2.05) is 24.3 Å².